The minimum absolute atomic E-state index is 0.0235. The van der Waals surface area contributed by atoms with Crippen molar-refractivity contribution < 1.29 is 14.3 Å². The standard InChI is InChI=1S/C22H31N3O3S/c1-5-7-8-9-10-18(26)23-17-13-11-16(12-14-17)20-19(21(27)28-6-2)15(3)25(4)22(29)24-20/h11-14,20H,5-10H2,1-4H3,(H,23,26)(H,24,29). The van der Waals surface area contributed by atoms with Crippen molar-refractivity contribution in [2.75, 3.05) is 19.0 Å². The molecule has 0 saturated heterocycles. The number of benzene rings is 1. The van der Waals surface area contributed by atoms with E-state index in [2.05, 4.69) is 17.6 Å². The maximum absolute atomic E-state index is 12.6. The lowest BCUT2D eigenvalue weighted by Crippen LogP contribution is -2.46. The van der Waals surface area contributed by atoms with Crippen molar-refractivity contribution in [3.63, 3.8) is 0 Å². The van der Waals surface area contributed by atoms with E-state index in [1.54, 1.807) is 11.8 Å². The number of unbranched alkanes of at least 4 members (excludes halogenated alkanes) is 3. The molecule has 1 aliphatic rings. The second kappa shape index (κ2) is 11.0. The number of nitrogens with one attached hydrogen (secondary N) is 2. The molecule has 1 aromatic carbocycles. The van der Waals surface area contributed by atoms with Crippen LogP contribution in [0.5, 0.6) is 0 Å². The average Bonchev–Trinajstić information content (AvgIpc) is 2.70. The first-order valence-corrected chi connectivity index (χ1v) is 10.6. The number of carbonyl (C=O) groups is 2. The van der Waals surface area contributed by atoms with Crippen LogP contribution in [0.4, 0.5) is 5.69 Å². The van der Waals surface area contributed by atoms with Gasteiger partial charge < -0.3 is 20.3 Å². The quantitative estimate of drug-likeness (QED) is 0.355. The van der Waals surface area contributed by atoms with E-state index in [9.17, 15) is 9.59 Å². The highest BCUT2D eigenvalue weighted by atomic mass is 32.1. The van der Waals surface area contributed by atoms with E-state index in [0.717, 1.165) is 42.6 Å². The molecule has 7 heteroatoms. The van der Waals surface area contributed by atoms with E-state index < -0.39 is 6.04 Å². The average molecular weight is 418 g/mol. The lowest BCUT2D eigenvalue weighted by molar-refractivity contribution is -0.139. The van der Waals surface area contributed by atoms with Crippen molar-refractivity contribution in [2.24, 2.45) is 0 Å². The third-order valence-corrected chi connectivity index (χ3v) is 5.43. The van der Waals surface area contributed by atoms with Gasteiger partial charge in [0, 0.05) is 24.9 Å². The molecule has 6 nitrogen and oxygen atoms in total. The Bertz CT molecular complexity index is 774. The van der Waals surface area contributed by atoms with Crippen molar-refractivity contribution in [2.45, 2.75) is 58.9 Å². The van der Waals surface area contributed by atoms with Gasteiger partial charge in [0.25, 0.3) is 0 Å². The molecule has 1 unspecified atom stereocenters. The van der Waals surface area contributed by atoms with Crippen molar-refractivity contribution >= 4 is 34.9 Å². The molecule has 158 valence electrons. The van der Waals surface area contributed by atoms with Crippen LogP contribution in [0.3, 0.4) is 0 Å². The summed E-state index contributed by atoms with van der Waals surface area (Å²) in [6.45, 7) is 6.10. The molecule has 0 aliphatic carbocycles. The Labute approximate surface area is 178 Å². The number of thiocarbonyl (C=S) groups is 1. The summed E-state index contributed by atoms with van der Waals surface area (Å²) in [6, 6.07) is 7.09. The molecule has 0 saturated carbocycles. The number of allylic oxidation sites excluding steroid dienone is 1. The molecule has 0 spiro atoms. The zero-order chi connectivity index (χ0) is 21.4. The van der Waals surface area contributed by atoms with Gasteiger partial charge in [0.1, 0.15) is 0 Å². The fourth-order valence-corrected chi connectivity index (χ4v) is 3.51. The molecule has 0 aromatic heterocycles. The molecule has 0 bridgehead atoms. The van der Waals surface area contributed by atoms with Crippen LogP contribution in [0.25, 0.3) is 0 Å². The third-order valence-electron chi connectivity index (χ3n) is 5.03. The zero-order valence-electron chi connectivity index (χ0n) is 17.7. The molecule has 1 aliphatic heterocycles. The minimum Gasteiger partial charge on any atom is -0.463 e. The molecule has 2 rings (SSSR count). The molecule has 1 aromatic rings. The fourth-order valence-electron chi connectivity index (χ4n) is 3.25. The van der Waals surface area contributed by atoms with Crippen LogP contribution >= 0.6 is 12.2 Å². The summed E-state index contributed by atoms with van der Waals surface area (Å²) < 4.78 is 5.25. The largest absolute Gasteiger partial charge is 0.463 e. The molecule has 29 heavy (non-hydrogen) atoms. The van der Waals surface area contributed by atoms with Crippen molar-refractivity contribution in [1.29, 1.82) is 0 Å². The highest BCUT2D eigenvalue weighted by Crippen LogP contribution is 2.31. The maximum Gasteiger partial charge on any atom is 0.338 e. The Morgan fingerprint density at radius 1 is 1.17 bits per heavy atom. The Kier molecular flexibility index (Phi) is 8.64. The number of hydrogen-bond acceptors (Lipinski definition) is 4. The van der Waals surface area contributed by atoms with Crippen LogP contribution in [0.1, 0.15) is 64.5 Å². The summed E-state index contributed by atoms with van der Waals surface area (Å²) in [5.41, 5.74) is 2.92. The van der Waals surface area contributed by atoms with Crippen LogP contribution < -0.4 is 10.6 Å². The topological polar surface area (TPSA) is 70.7 Å². The first kappa shape index (κ1) is 22.9. The highest BCUT2D eigenvalue weighted by Gasteiger charge is 2.33. The van der Waals surface area contributed by atoms with Crippen LogP contribution in [-0.2, 0) is 14.3 Å². The van der Waals surface area contributed by atoms with Crippen molar-refractivity contribution in [3.05, 3.63) is 41.1 Å². The number of rotatable bonds is 9. The molecule has 0 fully saturated rings. The van der Waals surface area contributed by atoms with Crippen LogP contribution in [-0.4, -0.2) is 35.5 Å². The Morgan fingerprint density at radius 3 is 2.48 bits per heavy atom. The Morgan fingerprint density at radius 2 is 1.86 bits per heavy atom. The molecule has 1 amide bonds. The predicted octanol–water partition coefficient (Wildman–Crippen LogP) is 4.29. The van der Waals surface area contributed by atoms with Crippen LogP contribution in [0, 0.1) is 0 Å². The van der Waals surface area contributed by atoms with E-state index in [1.165, 1.54) is 0 Å². The van der Waals surface area contributed by atoms with Crippen molar-refractivity contribution in [3.8, 4) is 0 Å². The van der Waals surface area contributed by atoms with E-state index in [-0.39, 0.29) is 11.9 Å². The first-order chi connectivity index (χ1) is 13.9. The normalized spacial score (nSPS) is 16.5. The Balaban J connectivity index is 2.13. The lowest BCUT2D eigenvalue weighted by Gasteiger charge is -2.35. The molecular weight excluding hydrogens is 386 g/mol. The summed E-state index contributed by atoms with van der Waals surface area (Å²) in [5, 5.41) is 6.69. The van der Waals surface area contributed by atoms with Gasteiger partial charge in [0.15, 0.2) is 5.11 Å². The summed E-state index contributed by atoms with van der Waals surface area (Å²) in [4.78, 5) is 26.4. The SMILES string of the molecule is CCCCCCC(=O)Nc1ccc(C2NC(=S)N(C)C(C)=C2C(=O)OCC)cc1. The fraction of sp³-hybridized carbons (Fsp3) is 0.500. The zero-order valence-corrected chi connectivity index (χ0v) is 18.5. The monoisotopic (exact) mass is 417 g/mol. The molecule has 0 radical (unpaired) electrons. The van der Waals surface area contributed by atoms with Crippen LogP contribution in [0.2, 0.25) is 0 Å². The van der Waals surface area contributed by atoms with Gasteiger partial charge in [-0.25, -0.2) is 4.79 Å². The van der Waals surface area contributed by atoms with Crippen LogP contribution in [0.15, 0.2) is 35.5 Å². The second-order valence-electron chi connectivity index (χ2n) is 7.14. The molecular formula is C22H31N3O3S. The number of ether oxygens (including phenoxy) is 1. The molecule has 1 atom stereocenters. The summed E-state index contributed by atoms with van der Waals surface area (Å²) in [6.07, 6.45) is 4.82. The Hall–Kier alpha value is -2.41. The lowest BCUT2D eigenvalue weighted by atomic mass is 9.95. The van der Waals surface area contributed by atoms with E-state index >= 15 is 0 Å². The number of hydrogen-bond donors (Lipinski definition) is 2. The maximum atomic E-state index is 12.6. The van der Waals surface area contributed by atoms with Gasteiger partial charge in [-0.1, -0.05) is 38.3 Å². The van der Waals surface area contributed by atoms with E-state index in [4.69, 9.17) is 17.0 Å². The number of anilines is 1. The van der Waals surface area contributed by atoms with Crippen molar-refractivity contribution in [1.82, 2.24) is 10.2 Å². The summed E-state index contributed by atoms with van der Waals surface area (Å²) >= 11 is 5.40. The molecule has 2 N–H and O–H groups in total. The van der Waals surface area contributed by atoms with E-state index in [0.29, 0.717) is 23.7 Å². The smallest absolute Gasteiger partial charge is 0.338 e. The number of amides is 1. The van der Waals surface area contributed by atoms with Gasteiger partial charge >= 0.3 is 5.97 Å². The number of esters is 1. The van der Waals surface area contributed by atoms with Gasteiger partial charge in [0.2, 0.25) is 5.91 Å². The minimum atomic E-state index is -0.392. The van der Waals surface area contributed by atoms with Gasteiger partial charge in [-0.3, -0.25) is 4.79 Å². The summed E-state index contributed by atoms with van der Waals surface area (Å²) in [5.74, 6) is -0.336. The van der Waals surface area contributed by atoms with E-state index in [1.807, 2.05) is 38.2 Å². The molecule has 1 heterocycles. The number of carbonyl (C=O) groups excluding carboxylic acids is 2. The van der Waals surface area contributed by atoms with Gasteiger partial charge in [0.05, 0.1) is 18.2 Å². The van der Waals surface area contributed by atoms with Gasteiger partial charge in [-0.05, 0) is 50.2 Å². The van der Waals surface area contributed by atoms with Gasteiger partial charge in [-0.2, -0.15) is 0 Å². The first-order valence-electron chi connectivity index (χ1n) is 10.2. The highest BCUT2D eigenvalue weighted by molar-refractivity contribution is 7.80. The van der Waals surface area contributed by atoms with Gasteiger partial charge in [-0.15, -0.1) is 0 Å². The predicted molar refractivity (Wildman–Crippen MR) is 119 cm³/mol. The summed E-state index contributed by atoms with van der Waals surface area (Å²) in [7, 11) is 1.82. The number of nitrogens with zero attached hydrogens (tertiary/aromatic N) is 1. The third kappa shape index (κ3) is 6.03. The second-order valence-corrected chi connectivity index (χ2v) is 7.53.